The third-order valence-electron chi connectivity index (χ3n) is 2.90. The molecule has 0 aliphatic rings. The second-order valence-corrected chi connectivity index (χ2v) is 4.09. The van der Waals surface area contributed by atoms with Crippen LogP contribution in [0.15, 0.2) is 42.5 Å². The number of carbonyl (C=O) groups is 1. The van der Waals surface area contributed by atoms with Crippen molar-refractivity contribution in [1.29, 1.82) is 0 Å². The molecule has 18 heavy (non-hydrogen) atoms. The monoisotopic (exact) mass is 242 g/mol. The molecule has 92 valence electrons. The molecule has 0 aliphatic heterocycles. The van der Waals surface area contributed by atoms with Crippen LogP contribution in [0.5, 0.6) is 5.75 Å². The van der Waals surface area contributed by atoms with E-state index in [9.17, 15) is 9.90 Å². The van der Waals surface area contributed by atoms with Gasteiger partial charge in [0.1, 0.15) is 11.3 Å². The molecule has 0 aromatic heterocycles. The van der Waals surface area contributed by atoms with E-state index < -0.39 is 5.97 Å². The molecule has 0 saturated carbocycles. The van der Waals surface area contributed by atoms with E-state index in [4.69, 9.17) is 5.11 Å². The molecule has 2 aromatic rings. The quantitative estimate of drug-likeness (QED) is 0.868. The van der Waals surface area contributed by atoms with Gasteiger partial charge in [0.15, 0.2) is 0 Å². The molecule has 3 nitrogen and oxygen atoms in total. The Morgan fingerprint density at radius 1 is 1.11 bits per heavy atom. The highest BCUT2D eigenvalue weighted by Crippen LogP contribution is 2.26. The molecule has 0 fully saturated rings. The van der Waals surface area contributed by atoms with Gasteiger partial charge in [-0.1, -0.05) is 37.3 Å². The summed E-state index contributed by atoms with van der Waals surface area (Å²) in [5.41, 5.74) is 2.87. The van der Waals surface area contributed by atoms with Gasteiger partial charge >= 0.3 is 5.97 Å². The van der Waals surface area contributed by atoms with Gasteiger partial charge in [-0.05, 0) is 35.2 Å². The Balaban J connectivity index is 2.50. The Labute approximate surface area is 105 Å². The standard InChI is InChI=1S/C15H14O3/c1-2-10-4-3-5-11(8-10)12-6-7-14(16)13(9-12)15(17)18/h3-9,16H,2H2,1H3,(H,17,18). The number of aromatic hydroxyl groups is 1. The zero-order valence-electron chi connectivity index (χ0n) is 10.1. The predicted octanol–water partition coefficient (Wildman–Crippen LogP) is 3.32. The van der Waals surface area contributed by atoms with Crippen molar-refractivity contribution in [2.75, 3.05) is 0 Å². The Kier molecular flexibility index (Phi) is 3.33. The van der Waals surface area contributed by atoms with Crippen molar-refractivity contribution in [3.63, 3.8) is 0 Å². The molecular formula is C15H14O3. The number of hydrogen-bond donors (Lipinski definition) is 2. The summed E-state index contributed by atoms with van der Waals surface area (Å²) in [6.45, 7) is 2.07. The lowest BCUT2D eigenvalue weighted by molar-refractivity contribution is 0.0694. The maximum atomic E-state index is 11.0. The molecule has 0 saturated heterocycles. The van der Waals surface area contributed by atoms with Crippen LogP contribution in [0.25, 0.3) is 11.1 Å². The zero-order chi connectivity index (χ0) is 13.1. The third-order valence-corrected chi connectivity index (χ3v) is 2.90. The van der Waals surface area contributed by atoms with Gasteiger partial charge in [0.05, 0.1) is 0 Å². The maximum absolute atomic E-state index is 11.0. The molecule has 0 unspecified atom stereocenters. The molecule has 0 spiro atoms. The number of rotatable bonds is 3. The minimum absolute atomic E-state index is 0.0746. The van der Waals surface area contributed by atoms with Crippen LogP contribution in [0, 0.1) is 0 Å². The first-order valence-electron chi connectivity index (χ1n) is 5.77. The summed E-state index contributed by atoms with van der Waals surface area (Å²) in [6.07, 6.45) is 0.928. The van der Waals surface area contributed by atoms with E-state index in [1.807, 2.05) is 24.3 Å². The van der Waals surface area contributed by atoms with Crippen molar-refractivity contribution in [2.45, 2.75) is 13.3 Å². The number of benzene rings is 2. The number of carboxylic acid groups (broad SMARTS) is 1. The highest BCUT2D eigenvalue weighted by Gasteiger charge is 2.10. The maximum Gasteiger partial charge on any atom is 0.339 e. The van der Waals surface area contributed by atoms with E-state index in [1.165, 1.54) is 17.7 Å². The first-order valence-corrected chi connectivity index (χ1v) is 5.77. The number of hydrogen-bond acceptors (Lipinski definition) is 2. The largest absolute Gasteiger partial charge is 0.507 e. The van der Waals surface area contributed by atoms with Crippen molar-refractivity contribution < 1.29 is 15.0 Å². The molecule has 2 N–H and O–H groups in total. The number of phenols is 1. The molecule has 0 bridgehead atoms. The number of aromatic carboxylic acids is 1. The molecule has 0 atom stereocenters. The van der Waals surface area contributed by atoms with Crippen LogP contribution in [-0.2, 0) is 6.42 Å². The van der Waals surface area contributed by atoms with Gasteiger partial charge in [0.2, 0.25) is 0 Å². The summed E-state index contributed by atoms with van der Waals surface area (Å²) in [7, 11) is 0. The van der Waals surface area contributed by atoms with E-state index >= 15 is 0 Å². The van der Waals surface area contributed by atoms with E-state index in [-0.39, 0.29) is 11.3 Å². The third kappa shape index (κ3) is 2.35. The Morgan fingerprint density at radius 3 is 2.50 bits per heavy atom. The zero-order valence-corrected chi connectivity index (χ0v) is 10.1. The lowest BCUT2D eigenvalue weighted by Crippen LogP contribution is -1.97. The van der Waals surface area contributed by atoms with Crippen LogP contribution < -0.4 is 0 Å². The van der Waals surface area contributed by atoms with Gasteiger partial charge in [-0.15, -0.1) is 0 Å². The summed E-state index contributed by atoms with van der Waals surface area (Å²) in [5.74, 6) is -1.33. The normalized spacial score (nSPS) is 10.3. The lowest BCUT2D eigenvalue weighted by atomic mass is 10.00. The van der Waals surface area contributed by atoms with Crippen molar-refractivity contribution in [3.05, 3.63) is 53.6 Å². The van der Waals surface area contributed by atoms with Gasteiger partial charge in [-0.3, -0.25) is 0 Å². The van der Waals surface area contributed by atoms with Crippen LogP contribution in [-0.4, -0.2) is 16.2 Å². The lowest BCUT2D eigenvalue weighted by Gasteiger charge is -2.06. The van der Waals surface area contributed by atoms with Crippen molar-refractivity contribution in [3.8, 4) is 16.9 Å². The average molecular weight is 242 g/mol. The summed E-state index contributed by atoms with van der Waals surface area (Å²) in [4.78, 5) is 11.0. The van der Waals surface area contributed by atoms with Crippen LogP contribution in [0.4, 0.5) is 0 Å². The Morgan fingerprint density at radius 2 is 1.83 bits per heavy atom. The van der Waals surface area contributed by atoms with E-state index in [0.29, 0.717) is 0 Å². The van der Waals surface area contributed by atoms with Crippen molar-refractivity contribution in [2.24, 2.45) is 0 Å². The fourth-order valence-corrected chi connectivity index (χ4v) is 1.86. The smallest absolute Gasteiger partial charge is 0.339 e. The fourth-order valence-electron chi connectivity index (χ4n) is 1.86. The minimum atomic E-state index is -1.12. The van der Waals surface area contributed by atoms with Gasteiger partial charge in [-0.25, -0.2) is 4.79 Å². The van der Waals surface area contributed by atoms with Crippen molar-refractivity contribution >= 4 is 5.97 Å². The molecule has 0 heterocycles. The number of aryl methyl sites for hydroxylation is 1. The SMILES string of the molecule is CCc1cccc(-c2ccc(O)c(C(=O)O)c2)c1. The van der Waals surface area contributed by atoms with Crippen LogP contribution >= 0.6 is 0 Å². The topological polar surface area (TPSA) is 57.5 Å². The van der Waals surface area contributed by atoms with Crippen LogP contribution in [0.3, 0.4) is 0 Å². The highest BCUT2D eigenvalue weighted by atomic mass is 16.4. The highest BCUT2D eigenvalue weighted by molar-refractivity contribution is 5.92. The molecule has 2 aromatic carbocycles. The molecule has 0 amide bonds. The summed E-state index contributed by atoms with van der Waals surface area (Å²) in [5, 5.41) is 18.4. The molecule has 3 heteroatoms. The van der Waals surface area contributed by atoms with E-state index in [0.717, 1.165) is 17.5 Å². The summed E-state index contributed by atoms with van der Waals surface area (Å²) in [6, 6.07) is 12.6. The predicted molar refractivity (Wildman–Crippen MR) is 69.9 cm³/mol. The Hall–Kier alpha value is -2.29. The molecular weight excluding hydrogens is 228 g/mol. The average Bonchev–Trinajstić information content (AvgIpc) is 2.39. The van der Waals surface area contributed by atoms with Gasteiger partial charge in [0.25, 0.3) is 0 Å². The molecule has 0 aliphatic carbocycles. The second kappa shape index (κ2) is 4.92. The first-order chi connectivity index (χ1) is 8.61. The van der Waals surface area contributed by atoms with Crippen LogP contribution in [0.2, 0.25) is 0 Å². The van der Waals surface area contributed by atoms with Gasteiger partial charge in [-0.2, -0.15) is 0 Å². The number of carboxylic acids is 1. The first kappa shape index (κ1) is 12.2. The van der Waals surface area contributed by atoms with Gasteiger partial charge in [0, 0.05) is 0 Å². The van der Waals surface area contributed by atoms with Crippen molar-refractivity contribution in [1.82, 2.24) is 0 Å². The van der Waals surface area contributed by atoms with Crippen LogP contribution in [0.1, 0.15) is 22.8 Å². The molecule has 2 rings (SSSR count). The van der Waals surface area contributed by atoms with E-state index in [1.54, 1.807) is 6.07 Å². The minimum Gasteiger partial charge on any atom is -0.507 e. The molecule has 0 radical (unpaired) electrons. The Bertz CT molecular complexity index is 588. The summed E-state index contributed by atoms with van der Waals surface area (Å²) >= 11 is 0. The van der Waals surface area contributed by atoms with Gasteiger partial charge < -0.3 is 10.2 Å². The second-order valence-electron chi connectivity index (χ2n) is 4.09. The van der Waals surface area contributed by atoms with E-state index in [2.05, 4.69) is 6.92 Å². The fraction of sp³-hybridized carbons (Fsp3) is 0.133. The summed E-state index contributed by atoms with van der Waals surface area (Å²) < 4.78 is 0.